The van der Waals surface area contributed by atoms with E-state index < -0.39 is 12.0 Å². The summed E-state index contributed by atoms with van der Waals surface area (Å²) in [5.74, 6) is -1.25. The van der Waals surface area contributed by atoms with E-state index in [1.165, 1.54) is 0 Å². The molecule has 0 spiro atoms. The highest BCUT2D eigenvalue weighted by molar-refractivity contribution is 5.88. The molecule has 2 aromatic carbocycles. The number of carbonyl (C=O) groups is 3. The van der Waals surface area contributed by atoms with Gasteiger partial charge in [-0.05, 0) is 41.7 Å². The van der Waals surface area contributed by atoms with Gasteiger partial charge in [-0.2, -0.15) is 0 Å². The SMILES string of the molecule is O=C(CCCNC(=O)C1CC1)NC(C(=O)O)c1ccc2ccccc2c1. The van der Waals surface area contributed by atoms with Crippen LogP contribution in [0.3, 0.4) is 0 Å². The van der Waals surface area contributed by atoms with Crippen LogP contribution in [-0.4, -0.2) is 29.4 Å². The summed E-state index contributed by atoms with van der Waals surface area (Å²) in [5.41, 5.74) is 0.534. The van der Waals surface area contributed by atoms with Crippen molar-refractivity contribution < 1.29 is 19.5 Å². The van der Waals surface area contributed by atoms with Gasteiger partial charge in [-0.3, -0.25) is 9.59 Å². The Hall–Kier alpha value is -2.89. The maximum Gasteiger partial charge on any atom is 0.330 e. The predicted octanol–water partition coefficient (Wildman–Crippen LogP) is 2.39. The lowest BCUT2D eigenvalue weighted by molar-refractivity contribution is -0.142. The van der Waals surface area contributed by atoms with Gasteiger partial charge in [0.15, 0.2) is 6.04 Å². The van der Waals surface area contributed by atoms with Crippen LogP contribution in [-0.2, 0) is 14.4 Å². The molecule has 3 N–H and O–H groups in total. The number of benzene rings is 2. The van der Waals surface area contributed by atoms with E-state index in [0.29, 0.717) is 18.5 Å². The Kier molecular flexibility index (Phi) is 5.51. The highest BCUT2D eigenvalue weighted by Crippen LogP contribution is 2.28. The Morgan fingerprint density at radius 2 is 1.81 bits per heavy atom. The van der Waals surface area contributed by atoms with Gasteiger partial charge in [0.05, 0.1) is 0 Å². The van der Waals surface area contributed by atoms with Crippen LogP contribution in [0.25, 0.3) is 10.8 Å². The van der Waals surface area contributed by atoms with Crippen molar-refractivity contribution in [3.8, 4) is 0 Å². The van der Waals surface area contributed by atoms with Crippen molar-refractivity contribution in [2.75, 3.05) is 6.54 Å². The van der Waals surface area contributed by atoms with Gasteiger partial charge in [-0.25, -0.2) is 4.79 Å². The van der Waals surface area contributed by atoms with Crippen LogP contribution in [0.1, 0.15) is 37.3 Å². The number of rotatable bonds is 8. The fourth-order valence-electron chi connectivity index (χ4n) is 2.86. The van der Waals surface area contributed by atoms with Gasteiger partial charge in [0, 0.05) is 18.9 Å². The number of hydrogen-bond donors (Lipinski definition) is 3. The highest BCUT2D eigenvalue weighted by atomic mass is 16.4. The number of carbonyl (C=O) groups excluding carboxylic acids is 2. The zero-order valence-electron chi connectivity index (χ0n) is 14.4. The summed E-state index contributed by atoms with van der Waals surface area (Å²) in [6.07, 6.45) is 2.54. The summed E-state index contributed by atoms with van der Waals surface area (Å²) in [4.78, 5) is 35.2. The minimum atomic E-state index is -1.10. The molecule has 0 heterocycles. The molecular formula is C20H22N2O4. The molecule has 1 aliphatic rings. The van der Waals surface area contributed by atoms with Crippen LogP contribution in [0.4, 0.5) is 0 Å². The van der Waals surface area contributed by atoms with Crippen LogP contribution in [0.15, 0.2) is 42.5 Å². The summed E-state index contributed by atoms with van der Waals surface area (Å²) in [6, 6.07) is 11.9. The Morgan fingerprint density at radius 3 is 2.50 bits per heavy atom. The van der Waals surface area contributed by atoms with E-state index in [1.54, 1.807) is 12.1 Å². The topological polar surface area (TPSA) is 95.5 Å². The second kappa shape index (κ2) is 7.99. The van der Waals surface area contributed by atoms with Gasteiger partial charge < -0.3 is 15.7 Å². The third-order valence-corrected chi connectivity index (χ3v) is 4.49. The van der Waals surface area contributed by atoms with E-state index in [0.717, 1.165) is 23.6 Å². The van der Waals surface area contributed by atoms with Crippen molar-refractivity contribution in [2.24, 2.45) is 5.92 Å². The standard InChI is InChI=1S/C20H22N2O4/c23-17(6-3-11-21-19(24)14-8-9-14)22-18(20(25)26)16-10-7-13-4-1-2-5-15(13)12-16/h1-2,4-5,7,10,12,14,18H,3,6,8-9,11H2,(H,21,24)(H,22,23)(H,25,26). The molecule has 1 unspecified atom stereocenters. The Morgan fingerprint density at radius 1 is 1.08 bits per heavy atom. The predicted molar refractivity (Wildman–Crippen MR) is 97.4 cm³/mol. The molecule has 2 aromatic rings. The van der Waals surface area contributed by atoms with Gasteiger partial charge >= 0.3 is 5.97 Å². The number of hydrogen-bond acceptors (Lipinski definition) is 3. The third kappa shape index (κ3) is 4.59. The van der Waals surface area contributed by atoms with E-state index in [1.807, 2.05) is 30.3 Å². The first-order chi connectivity index (χ1) is 12.5. The van der Waals surface area contributed by atoms with Crippen LogP contribution in [0.5, 0.6) is 0 Å². The van der Waals surface area contributed by atoms with Gasteiger partial charge in [-0.1, -0.05) is 36.4 Å². The van der Waals surface area contributed by atoms with Crippen molar-refractivity contribution in [3.63, 3.8) is 0 Å². The van der Waals surface area contributed by atoms with Crippen LogP contribution < -0.4 is 10.6 Å². The lowest BCUT2D eigenvalue weighted by Crippen LogP contribution is -2.34. The molecule has 1 fully saturated rings. The molecule has 1 saturated carbocycles. The van der Waals surface area contributed by atoms with Crippen LogP contribution in [0, 0.1) is 5.92 Å². The third-order valence-electron chi connectivity index (χ3n) is 4.49. The van der Waals surface area contributed by atoms with E-state index in [9.17, 15) is 19.5 Å². The summed E-state index contributed by atoms with van der Waals surface area (Å²) in [5, 5.41) is 16.8. The van der Waals surface area contributed by atoms with E-state index >= 15 is 0 Å². The molecule has 0 radical (unpaired) electrons. The van der Waals surface area contributed by atoms with Gasteiger partial charge in [-0.15, -0.1) is 0 Å². The monoisotopic (exact) mass is 354 g/mol. The average molecular weight is 354 g/mol. The fraction of sp³-hybridized carbons (Fsp3) is 0.350. The Balaban J connectivity index is 1.55. The minimum Gasteiger partial charge on any atom is -0.479 e. The fourth-order valence-corrected chi connectivity index (χ4v) is 2.86. The largest absolute Gasteiger partial charge is 0.479 e. The Bertz CT molecular complexity index is 829. The quantitative estimate of drug-likeness (QED) is 0.634. The molecule has 1 aliphatic carbocycles. The molecule has 3 rings (SSSR count). The van der Waals surface area contributed by atoms with Crippen molar-refractivity contribution >= 4 is 28.6 Å². The van der Waals surface area contributed by atoms with Crippen LogP contribution >= 0.6 is 0 Å². The zero-order chi connectivity index (χ0) is 18.5. The molecule has 1 atom stereocenters. The number of carboxylic acid groups (broad SMARTS) is 1. The van der Waals surface area contributed by atoms with Crippen molar-refractivity contribution in [3.05, 3.63) is 48.0 Å². The highest BCUT2D eigenvalue weighted by Gasteiger charge is 2.29. The summed E-state index contributed by atoms with van der Waals surface area (Å²) >= 11 is 0. The minimum absolute atomic E-state index is 0.0463. The van der Waals surface area contributed by atoms with Crippen molar-refractivity contribution in [1.29, 1.82) is 0 Å². The number of fused-ring (bicyclic) bond motifs is 1. The molecule has 0 aromatic heterocycles. The van der Waals surface area contributed by atoms with Gasteiger partial charge in [0.25, 0.3) is 0 Å². The van der Waals surface area contributed by atoms with Crippen LogP contribution in [0.2, 0.25) is 0 Å². The number of nitrogens with one attached hydrogen (secondary N) is 2. The number of aliphatic carboxylic acids is 1. The van der Waals surface area contributed by atoms with Gasteiger partial charge in [0.1, 0.15) is 0 Å². The first-order valence-corrected chi connectivity index (χ1v) is 8.83. The maximum atomic E-state index is 12.1. The van der Waals surface area contributed by atoms with E-state index in [4.69, 9.17) is 0 Å². The maximum absolute atomic E-state index is 12.1. The van der Waals surface area contributed by atoms with Gasteiger partial charge in [0.2, 0.25) is 11.8 Å². The van der Waals surface area contributed by atoms with E-state index in [2.05, 4.69) is 10.6 Å². The average Bonchev–Trinajstić information content (AvgIpc) is 3.47. The molecule has 6 heteroatoms. The smallest absolute Gasteiger partial charge is 0.330 e. The molecule has 0 bridgehead atoms. The molecular weight excluding hydrogens is 332 g/mol. The second-order valence-corrected chi connectivity index (χ2v) is 6.61. The first kappa shape index (κ1) is 17.9. The Labute approximate surface area is 151 Å². The molecule has 6 nitrogen and oxygen atoms in total. The second-order valence-electron chi connectivity index (χ2n) is 6.61. The number of amides is 2. The molecule has 0 aliphatic heterocycles. The normalized spacial score (nSPS) is 14.6. The van der Waals surface area contributed by atoms with Crippen molar-refractivity contribution in [1.82, 2.24) is 10.6 Å². The summed E-state index contributed by atoms with van der Waals surface area (Å²) < 4.78 is 0. The lowest BCUT2D eigenvalue weighted by atomic mass is 10.0. The lowest BCUT2D eigenvalue weighted by Gasteiger charge is -2.16. The zero-order valence-corrected chi connectivity index (χ0v) is 14.4. The summed E-state index contributed by atoms with van der Waals surface area (Å²) in [6.45, 7) is 0.427. The number of carboxylic acids is 1. The molecule has 0 saturated heterocycles. The molecule has 26 heavy (non-hydrogen) atoms. The first-order valence-electron chi connectivity index (χ1n) is 8.83. The van der Waals surface area contributed by atoms with Crippen molar-refractivity contribution in [2.45, 2.75) is 31.7 Å². The molecule has 136 valence electrons. The van der Waals surface area contributed by atoms with E-state index in [-0.39, 0.29) is 24.2 Å². The molecule has 2 amide bonds. The summed E-state index contributed by atoms with van der Waals surface area (Å²) in [7, 11) is 0.